The van der Waals surface area contributed by atoms with Crippen molar-refractivity contribution in [3.8, 4) is 11.9 Å². The molecule has 0 amide bonds. The van der Waals surface area contributed by atoms with Crippen LogP contribution in [0.2, 0.25) is 0 Å². The van der Waals surface area contributed by atoms with Crippen LogP contribution in [-0.4, -0.2) is 19.7 Å². The molecule has 0 spiro atoms. The first-order valence-electron chi connectivity index (χ1n) is 4.77. The van der Waals surface area contributed by atoms with E-state index in [1.165, 1.54) is 0 Å². The van der Waals surface area contributed by atoms with Crippen molar-refractivity contribution in [2.75, 3.05) is 0 Å². The second-order valence-corrected chi connectivity index (χ2v) is 3.08. The lowest BCUT2D eigenvalue weighted by atomic mass is 10.3. The maximum atomic E-state index is 5.39. The van der Waals surface area contributed by atoms with Crippen molar-refractivity contribution < 1.29 is 4.74 Å². The minimum Gasteiger partial charge on any atom is -0.404 e. The lowest BCUT2D eigenvalue weighted by Crippen LogP contribution is -1.96. The Kier molecular flexibility index (Phi) is 2.62. The Bertz CT molecular complexity index is 438. The summed E-state index contributed by atoms with van der Waals surface area (Å²) < 4.78 is 7.18. The Hall–Kier alpha value is -1.91. The number of rotatable bonds is 3. The Balaban J connectivity index is 2.18. The van der Waals surface area contributed by atoms with E-state index in [0.29, 0.717) is 11.9 Å². The molecule has 0 aliphatic rings. The molecule has 0 atom stereocenters. The lowest BCUT2D eigenvalue weighted by molar-refractivity contribution is 0.418. The van der Waals surface area contributed by atoms with Crippen LogP contribution >= 0.6 is 0 Å². The fourth-order valence-corrected chi connectivity index (χ4v) is 1.29. The van der Waals surface area contributed by atoms with E-state index in [4.69, 9.17) is 4.74 Å². The molecule has 15 heavy (non-hydrogen) atoms. The highest BCUT2D eigenvalue weighted by atomic mass is 16.5. The maximum absolute atomic E-state index is 5.39. The zero-order valence-electron chi connectivity index (χ0n) is 8.71. The van der Waals surface area contributed by atoms with Crippen molar-refractivity contribution in [2.45, 2.75) is 13.3 Å². The van der Waals surface area contributed by atoms with Gasteiger partial charge in [0.05, 0.1) is 0 Å². The number of hydrogen-bond donors (Lipinski definition) is 0. The van der Waals surface area contributed by atoms with Crippen LogP contribution in [0, 0.1) is 0 Å². The molecule has 0 unspecified atom stereocenters. The highest BCUT2D eigenvalue weighted by Crippen LogP contribution is 2.16. The zero-order valence-corrected chi connectivity index (χ0v) is 8.71. The van der Waals surface area contributed by atoms with Crippen LogP contribution in [0.5, 0.6) is 11.9 Å². The third-order valence-corrected chi connectivity index (χ3v) is 2.05. The summed E-state index contributed by atoms with van der Waals surface area (Å²) in [7, 11) is 1.89. The van der Waals surface area contributed by atoms with Gasteiger partial charge in [0.15, 0.2) is 0 Å². The highest BCUT2D eigenvalue weighted by Gasteiger charge is 2.06. The second-order valence-electron chi connectivity index (χ2n) is 3.08. The molecule has 0 saturated heterocycles. The monoisotopic (exact) mass is 204 g/mol. The molecule has 2 heterocycles. The van der Waals surface area contributed by atoms with E-state index < -0.39 is 0 Å². The summed E-state index contributed by atoms with van der Waals surface area (Å²) in [5.41, 5.74) is 1.11. The molecule has 2 aromatic heterocycles. The Labute approximate surface area is 87.7 Å². The summed E-state index contributed by atoms with van der Waals surface area (Å²) in [6, 6.07) is 3.94. The minimum atomic E-state index is 0.318. The quantitative estimate of drug-likeness (QED) is 0.761. The largest absolute Gasteiger partial charge is 0.404 e. The number of ether oxygens (including phenoxy) is 1. The lowest BCUT2D eigenvalue weighted by Gasteiger charge is -1.96. The highest BCUT2D eigenvalue weighted by molar-refractivity contribution is 5.18. The van der Waals surface area contributed by atoms with Gasteiger partial charge in [-0.05, 0) is 12.5 Å². The first-order valence-corrected chi connectivity index (χ1v) is 4.77. The molecule has 5 heteroatoms. The van der Waals surface area contributed by atoms with Crippen molar-refractivity contribution in [1.82, 2.24) is 19.7 Å². The fraction of sp³-hybridized carbons (Fsp3) is 0.300. The van der Waals surface area contributed by atoms with Gasteiger partial charge in [0.1, 0.15) is 0 Å². The normalized spacial score (nSPS) is 10.3. The third-order valence-electron chi connectivity index (χ3n) is 2.05. The molecule has 78 valence electrons. The predicted molar refractivity (Wildman–Crippen MR) is 54.7 cm³/mol. The van der Waals surface area contributed by atoms with Gasteiger partial charge in [-0.1, -0.05) is 6.92 Å². The molecule has 0 radical (unpaired) electrons. The maximum Gasteiger partial charge on any atom is 0.323 e. The van der Waals surface area contributed by atoms with Gasteiger partial charge in [0.25, 0.3) is 0 Å². The first-order chi connectivity index (χ1) is 7.29. The topological polar surface area (TPSA) is 52.8 Å². The molecule has 0 saturated carbocycles. The van der Waals surface area contributed by atoms with Gasteiger partial charge in [-0.3, -0.25) is 4.68 Å². The van der Waals surface area contributed by atoms with Gasteiger partial charge < -0.3 is 4.74 Å². The van der Waals surface area contributed by atoms with Crippen molar-refractivity contribution >= 4 is 0 Å². The first kappa shape index (κ1) is 9.64. The minimum absolute atomic E-state index is 0.318. The molecular formula is C10H12N4O. The molecule has 0 N–H and O–H groups in total. The molecule has 2 aromatic rings. The summed E-state index contributed by atoms with van der Waals surface area (Å²) in [5, 5.41) is 4.19. The van der Waals surface area contributed by atoms with E-state index >= 15 is 0 Å². The second kappa shape index (κ2) is 4.08. The average Bonchev–Trinajstić information content (AvgIpc) is 2.60. The van der Waals surface area contributed by atoms with Crippen LogP contribution in [-0.2, 0) is 13.5 Å². The van der Waals surface area contributed by atoms with E-state index in [1.54, 1.807) is 23.1 Å². The smallest absolute Gasteiger partial charge is 0.323 e. The number of aromatic nitrogens is 4. The standard InChI is InChI=1S/C10H12N4O/c1-3-8-7-9(13-14(8)2)15-10-11-5-4-6-12-10/h4-7H,3H2,1-2H3. The SMILES string of the molecule is CCc1cc(Oc2ncccn2)nn1C. The van der Waals surface area contributed by atoms with Crippen molar-refractivity contribution in [1.29, 1.82) is 0 Å². The van der Waals surface area contributed by atoms with Crippen molar-refractivity contribution in [2.24, 2.45) is 7.05 Å². The van der Waals surface area contributed by atoms with Gasteiger partial charge in [-0.2, -0.15) is 0 Å². The molecule has 0 aliphatic carbocycles. The number of hydrogen-bond acceptors (Lipinski definition) is 4. The average molecular weight is 204 g/mol. The van der Waals surface area contributed by atoms with Crippen molar-refractivity contribution in [3.63, 3.8) is 0 Å². The van der Waals surface area contributed by atoms with Gasteiger partial charge in [-0.25, -0.2) is 9.97 Å². The van der Waals surface area contributed by atoms with E-state index in [9.17, 15) is 0 Å². The molecule has 0 bridgehead atoms. The van der Waals surface area contributed by atoms with Gasteiger partial charge >= 0.3 is 6.01 Å². The van der Waals surface area contributed by atoms with E-state index in [-0.39, 0.29) is 0 Å². The third kappa shape index (κ3) is 2.12. The van der Waals surface area contributed by atoms with E-state index in [0.717, 1.165) is 12.1 Å². The van der Waals surface area contributed by atoms with E-state index in [2.05, 4.69) is 22.0 Å². The summed E-state index contributed by atoms with van der Waals surface area (Å²) in [6.45, 7) is 2.07. The Morgan fingerprint density at radius 2 is 2.07 bits per heavy atom. The van der Waals surface area contributed by atoms with Crippen LogP contribution in [0.1, 0.15) is 12.6 Å². The molecule has 0 aromatic carbocycles. The van der Waals surface area contributed by atoms with Crippen molar-refractivity contribution in [3.05, 3.63) is 30.2 Å². The summed E-state index contributed by atoms with van der Waals surface area (Å²) in [4.78, 5) is 7.91. The van der Waals surface area contributed by atoms with Gasteiger partial charge in [0, 0.05) is 31.2 Å². The van der Waals surface area contributed by atoms with Gasteiger partial charge in [-0.15, -0.1) is 5.10 Å². The molecule has 2 rings (SSSR count). The van der Waals surface area contributed by atoms with Crippen LogP contribution in [0.25, 0.3) is 0 Å². The molecule has 5 nitrogen and oxygen atoms in total. The number of nitrogens with zero attached hydrogens (tertiary/aromatic N) is 4. The van der Waals surface area contributed by atoms with Crippen LogP contribution < -0.4 is 4.74 Å². The summed E-state index contributed by atoms with van der Waals surface area (Å²) >= 11 is 0. The summed E-state index contributed by atoms with van der Waals surface area (Å²) in [6.07, 6.45) is 4.18. The Morgan fingerprint density at radius 3 is 2.67 bits per heavy atom. The molecular weight excluding hydrogens is 192 g/mol. The predicted octanol–water partition coefficient (Wildman–Crippen LogP) is 1.56. The van der Waals surface area contributed by atoms with Crippen LogP contribution in [0.3, 0.4) is 0 Å². The molecule has 0 fully saturated rings. The van der Waals surface area contributed by atoms with E-state index in [1.807, 2.05) is 13.1 Å². The fourth-order valence-electron chi connectivity index (χ4n) is 1.29. The van der Waals surface area contributed by atoms with Crippen LogP contribution in [0.15, 0.2) is 24.5 Å². The van der Waals surface area contributed by atoms with Gasteiger partial charge in [0.2, 0.25) is 5.88 Å². The van der Waals surface area contributed by atoms with Crippen LogP contribution in [0.4, 0.5) is 0 Å². The Morgan fingerprint density at radius 1 is 1.33 bits per heavy atom. The number of aryl methyl sites for hydroxylation is 2. The summed E-state index contributed by atoms with van der Waals surface area (Å²) in [5.74, 6) is 0.528. The molecule has 0 aliphatic heterocycles. The zero-order chi connectivity index (χ0) is 10.7.